The molecule has 2 aromatic rings. The summed E-state index contributed by atoms with van der Waals surface area (Å²) in [4.78, 5) is 2.59. The summed E-state index contributed by atoms with van der Waals surface area (Å²) in [5.74, 6) is 0.924. The van der Waals surface area contributed by atoms with E-state index in [2.05, 4.69) is 59.6 Å². The lowest BCUT2D eigenvalue weighted by molar-refractivity contribution is 0.240. The second-order valence-electron chi connectivity index (χ2n) is 6.23. The maximum Gasteiger partial charge on any atom is 0.119 e. The van der Waals surface area contributed by atoms with Crippen molar-refractivity contribution in [3.05, 3.63) is 65.2 Å². The summed E-state index contributed by atoms with van der Waals surface area (Å²) in [5, 5.41) is 3.50. The van der Waals surface area contributed by atoms with Gasteiger partial charge in [0.25, 0.3) is 0 Å². The first kappa shape index (κ1) is 16.0. The van der Waals surface area contributed by atoms with Crippen LogP contribution in [0.2, 0.25) is 0 Å². The molecule has 3 rings (SSSR count). The van der Waals surface area contributed by atoms with Crippen LogP contribution in [0.25, 0.3) is 0 Å². The second kappa shape index (κ2) is 7.62. The zero-order chi connectivity index (χ0) is 16.1. The zero-order valence-electron chi connectivity index (χ0n) is 14.1. The Morgan fingerprint density at radius 1 is 1.00 bits per heavy atom. The molecule has 0 aromatic heterocycles. The molecule has 3 nitrogen and oxygen atoms in total. The molecular formula is C20H26N2O. The highest BCUT2D eigenvalue weighted by Gasteiger charge is 2.23. The van der Waals surface area contributed by atoms with Crippen molar-refractivity contribution in [1.29, 1.82) is 0 Å². The number of nitrogens with zero attached hydrogens (tertiary/aromatic N) is 1. The first-order valence-corrected chi connectivity index (χ1v) is 8.43. The van der Waals surface area contributed by atoms with E-state index in [0.717, 1.165) is 31.9 Å². The van der Waals surface area contributed by atoms with Gasteiger partial charge in [0.15, 0.2) is 0 Å². The van der Waals surface area contributed by atoms with Crippen molar-refractivity contribution < 1.29 is 4.74 Å². The normalized spacial score (nSPS) is 17.5. The highest BCUT2D eigenvalue weighted by atomic mass is 16.5. The smallest absolute Gasteiger partial charge is 0.119 e. The highest BCUT2D eigenvalue weighted by Crippen LogP contribution is 2.31. The molecular weight excluding hydrogens is 284 g/mol. The molecule has 2 aromatic carbocycles. The van der Waals surface area contributed by atoms with Crippen LogP contribution in [0.3, 0.4) is 0 Å². The van der Waals surface area contributed by atoms with Crippen LogP contribution < -0.4 is 10.1 Å². The molecule has 23 heavy (non-hydrogen) atoms. The molecule has 1 N–H and O–H groups in total. The first-order chi connectivity index (χ1) is 11.3. The molecule has 0 amide bonds. The van der Waals surface area contributed by atoms with Crippen LogP contribution in [0.15, 0.2) is 48.5 Å². The van der Waals surface area contributed by atoms with E-state index in [4.69, 9.17) is 4.74 Å². The predicted octanol–water partition coefficient (Wildman–Crippen LogP) is 3.39. The summed E-state index contributed by atoms with van der Waals surface area (Å²) in [7, 11) is 1.73. The number of rotatable bonds is 4. The number of ether oxygens (including phenoxy) is 1. The molecule has 0 saturated carbocycles. The quantitative estimate of drug-likeness (QED) is 0.937. The SMILES string of the molecule is COc1cccc(C(c2cccc(C)c2)N2CCCNCC2)c1. The Balaban J connectivity index is 2.01. The summed E-state index contributed by atoms with van der Waals surface area (Å²) in [6.07, 6.45) is 1.19. The van der Waals surface area contributed by atoms with Gasteiger partial charge in [0, 0.05) is 19.6 Å². The standard InChI is InChI=1S/C20H26N2O/c1-16-6-3-7-17(14-16)20(22-12-5-10-21-11-13-22)18-8-4-9-19(15-18)23-2/h3-4,6-9,14-15,20-21H,5,10-13H2,1-2H3. The van der Waals surface area contributed by atoms with Crippen molar-refractivity contribution in [3.8, 4) is 5.75 Å². The summed E-state index contributed by atoms with van der Waals surface area (Å²) in [6, 6.07) is 17.7. The molecule has 3 heteroatoms. The maximum absolute atomic E-state index is 5.45. The van der Waals surface area contributed by atoms with E-state index in [0.29, 0.717) is 0 Å². The number of aryl methyl sites for hydroxylation is 1. The Morgan fingerprint density at radius 3 is 2.57 bits per heavy atom. The van der Waals surface area contributed by atoms with E-state index in [-0.39, 0.29) is 6.04 Å². The average molecular weight is 310 g/mol. The van der Waals surface area contributed by atoms with Gasteiger partial charge in [-0.1, -0.05) is 42.0 Å². The fraction of sp³-hybridized carbons (Fsp3) is 0.400. The van der Waals surface area contributed by atoms with Gasteiger partial charge in [0.1, 0.15) is 5.75 Å². The van der Waals surface area contributed by atoms with E-state index in [1.54, 1.807) is 7.11 Å². The van der Waals surface area contributed by atoms with Gasteiger partial charge in [-0.25, -0.2) is 0 Å². The number of benzene rings is 2. The van der Waals surface area contributed by atoms with Crippen LogP contribution in [0.4, 0.5) is 0 Å². The third-order valence-electron chi connectivity index (χ3n) is 4.51. The Bertz CT molecular complexity index is 633. The van der Waals surface area contributed by atoms with Crippen LogP contribution in [0.5, 0.6) is 5.75 Å². The third kappa shape index (κ3) is 3.92. The molecule has 1 aliphatic rings. The van der Waals surface area contributed by atoms with E-state index in [9.17, 15) is 0 Å². The predicted molar refractivity (Wildman–Crippen MR) is 95.1 cm³/mol. The molecule has 122 valence electrons. The largest absolute Gasteiger partial charge is 0.497 e. The fourth-order valence-corrected chi connectivity index (χ4v) is 3.39. The Morgan fingerprint density at radius 2 is 1.78 bits per heavy atom. The van der Waals surface area contributed by atoms with Crippen molar-refractivity contribution in [3.63, 3.8) is 0 Å². The number of nitrogens with one attached hydrogen (secondary N) is 1. The van der Waals surface area contributed by atoms with Crippen LogP contribution in [0.1, 0.15) is 29.2 Å². The molecule has 0 bridgehead atoms. The van der Waals surface area contributed by atoms with Crippen molar-refractivity contribution >= 4 is 0 Å². The van der Waals surface area contributed by atoms with E-state index >= 15 is 0 Å². The zero-order valence-corrected chi connectivity index (χ0v) is 14.1. The van der Waals surface area contributed by atoms with Gasteiger partial charge in [-0.2, -0.15) is 0 Å². The highest BCUT2D eigenvalue weighted by molar-refractivity contribution is 5.38. The molecule has 0 aliphatic carbocycles. The lowest BCUT2D eigenvalue weighted by Gasteiger charge is -2.31. The van der Waals surface area contributed by atoms with Gasteiger partial charge in [0.2, 0.25) is 0 Å². The average Bonchev–Trinajstić information content (AvgIpc) is 2.85. The van der Waals surface area contributed by atoms with E-state index in [1.165, 1.54) is 23.1 Å². The van der Waals surface area contributed by atoms with Gasteiger partial charge in [-0.05, 0) is 43.1 Å². The van der Waals surface area contributed by atoms with Crippen LogP contribution in [-0.4, -0.2) is 38.2 Å². The van der Waals surface area contributed by atoms with Crippen molar-refractivity contribution in [2.24, 2.45) is 0 Å². The molecule has 1 unspecified atom stereocenters. The third-order valence-corrected chi connectivity index (χ3v) is 4.51. The molecule has 0 spiro atoms. The summed E-state index contributed by atoms with van der Waals surface area (Å²) in [6.45, 7) is 6.50. The van der Waals surface area contributed by atoms with Crippen molar-refractivity contribution in [1.82, 2.24) is 10.2 Å². The summed E-state index contributed by atoms with van der Waals surface area (Å²) >= 11 is 0. The monoisotopic (exact) mass is 310 g/mol. The van der Waals surface area contributed by atoms with Crippen LogP contribution in [0, 0.1) is 6.92 Å². The van der Waals surface area contributed by atoms with Gasteiger partial charge < -0.3 is 10.1 Å². The van der Waals surface area contributed by atoms with Gasteiger partial charge in [0.05, 0.1) is 13.2 Å². The minimum atomic E-state index is 0.282. The number of methoxy groups -OCH3 is 1. The molecule has 0 radical (unpaired) electrons. The minimum absolute atomic E-state index is 0.282. The van der Waals surface area contributed by atoms with E-state index in [1.807, 2.05) is 6.07 Å². The van der Waals surface area contributed by atoms with Crippen LogP contribution in [-0.2, 0) is 0 Å². The molecule has 1 atom stereocenters. The Hall–Kier alpha value is -1.84. The fourth-order valence-electron chi connectivity index (χ4n) is 3.39. The van der Waals surface area contributed by atoms with Gasteiger partial charge in [-0.15, -0.1) is 0 Å². The minimum Gasteiger partial charge on any atom is -0.497 e. The topological polar surface area (TPSA) is 24.5 Å². The Kier molecular flexibility index (Phi) is 5.31. The molecule has 1 heterocycles. The maximum atomic E-state index is 5.45. The van der Waals surface area contributed by atoms with Crippen molar-refractivity contribution in [2.75, 3.05) is 33.3 Å². The number of hydrogen-bond acceptors (Lipinski definition) is 3. The summed E-state index contributed by atoms with van der Waals surface area (Å²) in [5.41, 5.74) is 3.97. The summed E-state index contributed by atoms with van der Waals surface area (Å²) < 4.78 is 5.45. The first-order valence-electron chi connectivity index (χ1n) is 8.43. The van der Waals surface area contributed by atoms with Crippen molar-refractivity contribution in [2.45, 2.75) is 19.4 Å². The number of hydrogen-bond donors (Lipinski definition) is 1. The Labute approximate surface area is 139 Å². The molecule has 1 saturated heterocycles. The molecule has 1 fully saturated rings. The molecule has 1 aliphatic heterocycles. The second-order valence-corrected chi connectivity index (χ2v) is 6.23. The lowest BCUT2D eigenvalue weighted by atomic mass is 9.95. The van der Waals surface area contributed by atoms with Gasteiger partial charge in [-0.3, -0.25) is 4.90 Å². The lowest BCUT2D eigenvalue weighted by Crippen LogP contribution is -2.33. The van der Waals surface area contributed by atoms with Gasteiger partial charge >= 0.3 is 0 Å². The van der Waals surface area contributed by atoms with E-state index < -0.39 is 0 Å². The van der Waals surface area contributed by atoms with Crippen LogP contribution >= 0.6 is 0 Å².